The van der Waals surface area contributed by atoms with Gasteiger partial charge in [0, 0.05) is 55.5 Å². The number of carbonyl (C=O) groups is 4. The summed E-state index contributed by atoms with van der Waals surface area (Å²) in [5.41, 5.74) is 7.50. The smallest absolute Gasteiger partial charge is 0.409 e. The van der Waals surface area contributed by atoms with Crippen LogP contribution in [0.15, 0.2) is 48.5 Å². The molecule has 2 fully saturated rings. The Bertz CT molecular complexity index is 2310. The van der Waals surface area contributed by atoms with Crippen molar-refractivity contribution in [2.75, 3.05) is 49.2 Å². The summed E-state index contributed by atoms with van der Waals surface area (Å²) in [7, 11) is 0. The van der Waals surface area contributed by atoms with Crippen LogP contribution in [0.4, 0.5) is 21.0 Å². The largest absolute Gasteiger partial charge is 0.450 e. The molecule has 14 heteroatoms. The first-order valence-corrected chi connectivity index (χ1v) is 22.4. The molecule has 6 aliphatic rings. The lowest BCUT2D eigenvalue weighted by atomic mass is 9.75. The number of nitrogens with one attached hydrogen (secondary N) is 1. The van der Waals surface area contributed by atoms with E-state index in [1.807, 2.05) is 58.3 Å². The number of amides is 4. The number of H-pyrrole nitrogens is 1. The van der Waals surface area contributed by atoms with E-state index in [2.05, 4.69) is 23.4 Å². The van der Waals surface area contributed by atoms with Gasteiger partial charge in [0.25, 0.3) is 0 Å². The molecule has 338 valence electrons. The average molecular weight is 863 g/mol. The van der Waals surface area contributed by atoms with Gasteiger partial charge in [-0.3, -0.25) is 9.59 Å². The van der Waals surface area contributed by atoms with E-state index in [1.54, 1.807) is 23.6 Å². The predicted octanol–water partition coefficient (Wildman–Crippen LogP) is 7.88. The topological polar surface area (TPSA) is 146 Å². The van der Waals surface area contributed by atoms with Gasteiger partial charge in [-0.2, -0.15) is 0 Å². The van der Waals surface area contributed by atoms with Crippen molar-refractivity contribution in [2.45, 2.75) is 131 Å². The van der Waals surface area contributed by atoms with Crippen LogP contribution >= 0.6 is 0 Å². The third-order valence-corrected chi connectivity index (χ3v) is 13.5. The Labute approximate surface area is 372 Å². The van der Waals surface area contributed by atoms with E-state index in [9.17, 15) is 19.2 Å². The standard InChI is InChI=1S/C26H34N4O3.C21H24N4O3.2CH4/c1-4-33-25(32)28-16-26(17-28)19-9-5-7-11-21(19)30(24(26)31)15-23-27-20-10-6-8-12-22(20)29(23)14-13-18(2)3;1-2-28-20(27)24-12-21(13-24)14-7-3-6-10-17(14)25(19(21)26)11-18-22-15-8-4-5-9-16(15)23-18;;/h5,7,9,11,18H,4,6,8,10,12-17H2,1-3H3;3,6-7,10H,2,4-5,8-9,11-13H2,1H3,(H,22,23);2*1H4. The molecule has 4 aromatic rings. The van der Waals surface area contributed by atoms with Gasteiger partial charge in [0.05, 0.1) is 37.7 Å². The number of imidazole rings is 2. The first-order valence-electron chi connectivity index (χ1n) is 22.4. The molecule has 2 saturated heterocycles. The molecule has 14 nitrogen and oxygen atoms in total. The number of aromatic nitrogens is 4. The molecule has 1 N–H and O–H groups in total. The maximum absolute atomic E-state index is 13.8. The Morgan fingerprint density at radius 3 is 1.75 bits per heavy atom. The maximum Gasteiger partial charge on any atom is 0.409 e. The number of aromatic amines is 1. The van der Waals surface area contributed by atoms with Crippen molar-refractivity contribution >= 4 is 35.4 Å². The molecule has 2 spiro atoms. The van der Waals surface area contributed by atoms with Crippen LogP contribution in [0.5, 0.6) is 0 Å². The Kier molecular flexibility index (Phi) is 13.1. The third kappa shape index (κ3) is 7.88. The molecule has 0 saturated carbocycles. The molecule has 4 amide bonds. The second-order valence-electron chi connectivity index (χ2n) is 17.9. The molecule has 2 aromatic carbocycles. The van der Waals surface area contributed by atoms with Crippen molar-refractivity contribution in [3.63, 3.8) is 0 Å². The van der Waals surface area contributed by atoms with Gasteiger partial charge in [0.2, 0.25) is 11.8 Å². The summed E-state index contributed by atoms with van der Waals surface area (Å²) in [6, 6.07) is 15.9. The van der Waals surface area contributed by atoms with Crippen LogP contribution in [-0.2, 0) is 75.2 Å². The van der Waals surface area contributed by atoms with Crippen LogP contribution in [0, 0.1) is 5.92 Å². The highest BCUT2D eigenvalue weighted by Gasteiger charge is 2.61. The lowest BCUT2D eigenvalue weighted by Gasteiger charge is -2.45. The zero-order valence-corrected chi connectivity index (χ0v) is 36.0. The Balaban J connectivity index is 0.000000185. The summed E-state index contributed by atoms with van der Waals surface area (Å²) in [5.74, 6) is 2.56. The molecular formula is C49H66N8O6. The van der Waals surface area contributed by atoms with Crippen molar-refractivity contribution in [2.24, 2.45) is 5.92 Å². The number of ether oxygens (including phenoxy) is 2. The van der Waals surface area contributed by atoms with Gasteiger partial charge >= 0.3 is 12.2 Å². The SMILES string of the molecule is C.C.CCOC(=O)N1CC2(C1)C(=O)N(Cc1nc3c([nH]1)CCCC3)c1ccccc12.CCOC(=O)N1CC2(C1)C(=O)N(Cc1nc3c(n1CCC(C)C)CCCC3)c1ccccc12. The van der Waals surface area contributed by atoms with Crippen LogP contribution in [0.1, 0.15) is 120 Å². The number of rotatable bonds is 9. The molecule has 6 heterocycles. The quantitative estimate of drug-likeness (QED) is 0.179. The maximum atomic E-state index is 13.8. The molecule has 0 radical (unpaired) electrons. The fourth-order valence-corrected chi connectivity index (χ4v) is 10.3. The van der Waals surface area contributed by atoms with E-state index in [0.29, 0.717) is 58.4 Å². The minimum absolute atomic E-state index is 0. The summed E-state index contributed by atoms with van der Waals surface area (Å²) < 4.78 is 12.6. The van der Waals surface area contributed by atoms with Gasteiger partial charge in [-0.15, -0.1) is 0 Å². The van der Waals surface area contributed by atoms with Crippen molar-refractivity contribution in [3.8, 4) is 0 Å². The lowest BCUT2D eigenvalue weighted by molar-refractivity contribution is -0.129. The molecule has 4 aliphatic heterocycles. The average Bonchev–Trinajstić information content (AvgIpc) is 3.94. The monoisotopic (exact) mass is 863 g/mol. The number of fused-ring (bicyclic) bond motifs is 6. The molecule has 0 unspecified atom stereocenters. The Morgan fingerprint density at radius 1 is 0.698 bits per heavy atom. The highest BCUT2D eigenvalue weighted by Crippen LogP contribution is 2.49. The number of aryl methyl sites for hydroxylation is 3. The van der Waals surface area contributed by atoms with E-state index in [-0.39, 0.29) is 38.9 Å². The van der Waals surface area contributed by atoms with Crippen LogP contribution < -0.4 is 9.80 Å². The number of likely N-dealkylation sites (tertiary alicyclic amines) is 2. The molecule has 2 aromatic heterocycles. The Hall–Kier alpha value is -5.66. The Morgan fingerprint density at radius 2 is 1.21 bits per heavy atom. The van der Waals surface area contributed by atoms with Crippen molar-refractivity contribution in [1.82, 2.24) is 29.3 Å². The molecule has 10 rings (SSSR count). The molecule has 0 bridgehead atoms. The molecule has 2 aliphatic carbocycles. The van der Waals surface area contributed by atoms with Crippen molar-refractivity contribution in [3.05, 3.63) is 94.1 Å². The van der Waals surface area contributed by atoms with Crippen LogP contribution in [0.3, 0.4) is 0 Å². The number of nitrogens with zero attached hydrogens (tertiary/aromatic N) is 7. The zero-order valence-electron chi connectivity index (χ0n) is 36.0. The van der Waals surface area contributed by atoms with Gasteiger partial charge < -0.3 is 38.6 Å². The van der Waals surface area contributed by atoms with Crippen molar-refractivity contribution < 1.29 is 28.7 Å². The van der Waals surface area contributed by atoms with Crippen LogP contribution in [0.25, 0.3) is 0 Å². The van der Waals surface area contributed by atoms with Gasteiger partial charge in [0.1, 0.15) is 22.5 Å². The van der Waals surface area contributed by atoms with E-state index in [4.69, 9.17) is 19.4 Å². The van der Waals surface area contributed by atoms with E-state index < -0.39 is 10.8 Å². The fourth-order valence-electron chi connectivity index (χ4n) is 10.3. The highest BCUT2D eigenvalue weighted by molar-refractivity contribution is 6.10. The second kappa shape index (κ2) is 18.2. The van der Waals surface area contributed by atoms with Gasteiger partial charge in [-0.05, 0) is 101 Å². The normalized spacial score (nSPS) is 18.3. The van der Waals surface area contributed by atoms with E-state index >= 15 is 0 Å². The van der Waals surface area contributed by atoms with Crippen LogP contribution in [-0.4, -0.2) is 92.7 Å². The van der Waals surface area contributed by atoms with Gasteiger partial charge in [-0.25, -0.2) is 19.6 Å². The summed E-state index contributed by atoms with van der Waals surface area (Å²) in [6.07, 6.45) is 9.30. The minimum Gasteiger partial charge on any atom is -0.450 e. The number of para-hydroxylation sites is 2. The van der Waals surface area contributed by atoms with E-state index in [0.717, 1.165) is 78.5 Å². The molecule has 0 atom stereocenters. The lowest BCUT2D eigenvalue weighted by Crippen LogP contribution is -2.65. The fraction of sp³-hybridized carbons (Fsp3) is 0.551. The predicted molar refractivity (Wildman–Crippen MR) is 243 cm³/mol. The number of hydrogen-bond donors (Lipinski definition) is 1. The van der Waals surface area contributed by atoms with Crippen molar-refractivity contribution in [1.29, 1.82) is 0 Å². The third-order valence-electron chi connectivity index (χ3n) is 13.5. The summed E-state index contributed by atoms with van der Waals surface area (Å²) in [4.78, 5) is 71.7. The number of anilines is 2. The van der Waals surface area contributed by atoms with E-state index in [1.165, 1.54) is 42.8 Å². The number of carbonyl (C=O) groups excluding carboxylic acids is 4. The second-order valence-corrected chi connectivity index (χ2v) is 17.9. The zero-order chi connectivity index (χ0) is 42.5. The van der Waals surface area contributed by atoms with Gasteiger partial charge in [-0.1, -0.05) is 65.1 Å². The summed E-state index contributed by atoms with van der Waals surface area (Å²) >= 11 is 0. The number of hydrogen-bond acceptors (Lipinski definition) is 8. The molecular weight excluding hydrogens is 797 g/mol. The first kappa shape index (κ1) is 45.4. The highest BCUT2D eigenvalue weighted by atomic mass is 16.6. The number of benzene rings is 2. The summed E-state index contributed by atoms with van der Waals surface area (Å²) in [5, 5.41) is 0. The van der Waals surface area contributed by atoms with Gasteiger partial charge in [0.15, 0.2) is 0 Å². The minimum atomic E-state index is -0.668. The first-order chi connectivity index (χ1) is 29.6. The summed E-state index contributed by atoms with van der Waals surface area (Å²) in [6.45, 7) is 12.1. The van der Waals surface area contributed by atoms with Crippen LogP contribution in [0.2, 0.25) is 0 Å². The molecule has 63 heavy (non-hydrogen) atoms.